The SMILES string of the molecule is Cn1cc(-c2cc(Cl)c(C(=O)N3COc4c(cccc4-c4cc(N5C6CCC5COC6)c(C(=O)O)cc4F)C3)c(Cl)c2)cn1. The van der Waals surface area contributed by atoms with Crippen LogP contribution in [0.5, 0.6) is 5.75 Å². The maximum atomic E-state index is 15.6. The van der Waals surface area contributed by atoms with Gasteiger partial charge in [0.1, 0.15) is 11.6 Å². The quantitative estimate of drug-likeness (QED) is 0.276. The van der Waals surface area contributed by atoms with Crippen LogP contribution in [0, 0.1) is 5.82 Å². The summed E-state index contributed by atoms with van der Waals surface area (Å²) in [6.45, 7) is 1.05. The van der Waals surface area contributed by atoms with Gasteiger partial charge in [-0.15, -0.1) is 0 Å². The van der Waals surface area contributed by atoms with Crippen molar-refractivity contribution in [1.29, 1.82) is 0 Å². The van der Waals surface area contributed by atoms with Gasteiger partial charge in [-0.3, -0.25) is 9.48 Å². The fourth-order valence-corrected chi connectivity index (χ4v) is 7.11. The lowest BCUT2D eigenvalue weighted by atomic mass is 9.96. The van der Waals surface area contributed by atoms with Gasteiger partial charge in [-0.25, -0.2) is 9.18 Å². The third-order valence-electron chi connectivity index (χ3n) is 8.53. The molecule has 1 aromatic heterocycles. The number of para-hydroxylation sites is 1. The molecule has 0 radical (unpaired) electrons. The Bertz CT molecular complexity index is 1790. The number of fused-ring (bicyclic) bond motifs is 3. The largest absolute Gasteiger partial charge is 0.478 e. The lowest BCUT2D eigenvalue weighted by Crippen LogP contribution is -2.46. The number of carboxylic acids is 1. The molecule has 1 N–H and O–H groups in total. The van der Waals surface area contributed by atoms with Gasteiger partial charge in [-0.2, -0.15) is 5.10 Å². The van der Waals surface area contributed by atoms with Crippen molar-refractivity contribution in [3.63, 3.8) is 0 Å². The van der Waals surface area contributed by atoms with Gasteiger partial charge in [-0.05, 0) is 42.7 Å². The highest BCUT2D eigenvalue weighted by Crippen LogP contribution is 2.43. The van der Waals surface area contributed by atoms with Crippen molar-refractivity contribution in [3.05, 3.63) is 87.4 Å². The number of ether oxygens (including phenoxy) is 2. The summed E-state index contributed by atoms with van der Waals surface area (Å²) in [5.74, 6) is -1.84. The first kappa shape index (κ1) is 28.6. The van der Waals surface area contributed by atoms with Gasteiger partial charge in [0.2, 0.25) is 0 Å². The van der Waals surface area contributed by atoms with Gasteiger partial charge in [0.05, 0.1) is 64.9 Å². The van der Waals surface area contributed by atoms with Gasteiger partial charge in [0.15, 0.2) is 6.73 Å². The van der Waals surface area contributed by atoms with E-state index in [0.29, 0.717) is 35.8 Å². The molecule has 2 bridgehead atoms. The van der Waals surface area contributed by atoms with Gasteiger partial charge < -0.3 is 24.4 Å². The fraction of sp³-hybridized carbons (Fsp3) is 0.281. The van der Waals surface area contributed by atoms with Gasteiger partial charge in [-0.1, -0.05) is 41.4 Å². The van der Waals surface area contributed by atoms with Crippen molar-refractivity contribution in [2.75, 3.05) is 24.8 Å². The molecule has 4 aromatic rings. The summed E-state index contributed by atoms with van der Waals surface area (Å²) in [4.78, 5) is 29.4. The molecule has 3 aliphatic rings. The Morgan fingerprint density at radius 2 is 1.75 bits per heavy atom. The number of aryl methyl sites for hydroxylation is 1. The van der Waals surface area contributed by atoms with E-state index in [1.54, 1.807) is 54.3 Å². The van der Waals surface area contributed by atoms with Gasteiger partial charge >= 0.3 is 5.97 Å². The highest BCUT2D eigenvalue weighted by Gasteiger charge is 2.40. The third kappa shape index (κ3) is 4.87. The van der Waals surface area contributed by atoms with E-state index >= 15 is 4.39 Å². The number of morpholine rings is 1. The van der Waals surface area contributed by atoms with E-state index in [-0.39, 0.29) is 52.1 Å². The van der Waals surface area contributed by atoms with E-state index in [2.05, 4.69) is 10.00 Å². The molecular weight excluding hydrogens is 610 g/mol. The summed E-state index contributed by atoms with van der Waals surface area (Å²) in [6.07, 6.45) is 5.26. The molecule has 0 spiro atoms. The molecule has 3 aliphatic heterocycles. The number of rotatable bonds is 5. The molecule has 2 atom stereocenters. The second-order valence-electron chi connectivity index (χ2n) is 11.3. The number of carbonyl (C=O) groups excluding carboxylic acids is 1. The second-order valence-corrected chi connectivity index (χ2v) is 12.1. The summed E-state index contributed by atoms with van der Waals surface area (Å²) < 4.78 is 29.1. The average Bonchev–Trinajstić information content (AvgIpc) is 3.54. The van der Waals surface area contributed by atoms with Crippen molar-refractivity contribution in [1.82, 2.24) is 14.7 Å². The summed E-state index contributed by atoms with van der Waals surface area (Å²) in [7, 11) is 1.80. The van der Waals surface area contributed by atoms with Crippen molar-refractivity contribution < 1.29 is 28.6 Å². The zero-order chi connectivity index (χ0) is 30.7. The molecule has 44 heavy (non-hydrogen) atoms. The number of aromatic carboxylic acids is 1. The van der Waals surface area contributed by atoms with Crippen molar-refractivity contribution in [3.8, 4) is 28.0 Å². The van der Waals surface area contributed by atoms with Crippen LogP contribution >= 0.6 is 23.2 Å². The molecule has 2 unspecified atom stereocenters. The van der Waals surface area contributed by atoms with Crippen LogP contribution in [0.15, 0.2) is 54.9 Å². The van der Waals surface area contributed by atoms with Crippen LogP contribution in [0.25, 0.3) is 22.3 Å². The number of hydrogen-bond acceptors (Lipinski definition) is 6. The summed E-state index contributed by atoms with van der Waals surface area (Å²) >= 11 is 13.1. The lowest BCUT2D eigenvalue weighted by molar-refractivity contribution is 0.0516. The molecule has 4 heterocycles. The monoisotopic (exact) mass is 636 g/mol. The topological polar surface area (TPSA) is 97.1 Å². The van der Waals surface area contributed by atoms with Crippen molar-refractivity contribution in [2.24, 2.45) is 7.05 Å². The number of halogens is 3. The minimum atomic E-state index is -1.19. The maximum Gasteiger partial charge on any atom is 0.337 e. The van der Waals surface area contributed by atoms with Crippen LogP contribution in [-0.4, -0.2) is 63.7 Å². The van der Waals surface area contributed by atoms with Gasteiger partial charge in [0, 0.05) is 35.5 Å². The molecule has 226 valence electrons. The smallest absolute Gasteiger partial charge is 0.337 e. The Labute approximate surface area is 262 Å². The van der Waals surface area contributed by atoms with Crippen LogP contribution in [0.3, 0.4) is 0 Å². The maximum absolute atomic E-state index is 15.6. The Morgan fingerprint density at radius 3 is 2.41 bits per heavy atom. The first-order chi connectivity index (χ1) is 21.2. The fourth-order valence-electron chi connectivity index (χ4n) is 6.46. The molecule has 0 saturated carbocycles. The zero-order valence-electron chi connectivity index (χ0n) is 23.6. The molecule has 3 aromatic carbocycles. The second kappa shape index (κ2) is 11.1. The van der Waals surface area contributed by atoms with E-state index in [1.807, 2.05) is 6.20 Å². The van der Waals surface area contributed by atoms with E-state index in [4.69, 9.17) is 32.7 Å². The van der Waals surface area contributed by atoms with Gasteiger partial charge in [0.25, 0.3) is 5.91 Å². The van der Waals surface area contributed by atoms with Crippen molar-refractivity contribution >= 4 is 40.8 Å². The molecule has 1 amide bonds. The number of hydrogen-bond donors (Lipinski definition) is 1. The minimum absolute atomic E-state index is 0.0303. The number of benzene rings is 3. The third-order valence-corrected chi connectivity index (χ3v) is 9.12. The normalized spacial score (nSPS) is 19.1. The van der Waals surface area contributed by atoms with Crippen molar-refractivity contribution in [2.45, 2.75) is 31.5 Å². The average molecular weight is 637 g/mol. The lowest BCUT2D eigenvalue weighted by Gasteiger charge is -2.37. The zero-order valence-corrected chi connectivity index (χ0v) is 25.1. The molecule has 12 heteroatoms. The van der Waals surface area contributed by atoms with Crippen LogP contribution in [0.2, 0.25) is 10.0 Å². The van der Waals surface area contributed by atoms with Crippen LogP contribution < -0.4 is 9.64 Å². The Hall–Kier alpha value is -4.12. The number of carbonyl (C=O) groups is 2. The molecule has 2 saturated heterocycles. The molecular formula is C32H27Cl2FN4O5. The Balaban J connectivity index is 1.21. The van der Waals surface area contributed by atoms with E-state index in [9.17, 15) is 14.7 Å². The number of amides is 1. The first-order valence-corrected chi connectivity index (χ1v) is 14.9. The van der Waals surface area contributed by atoms with Crippen LogP contribution in [0.1, 0.15) is 39.1 Å². The summed E-state index contributed by atoms with van der Waals surface area (Å²) in [6, 6.07) is 11.4. The molecule has 0 aliphatic carbocycles. The highest BCUT2D eigenvalue weighted by atomic mass is 35.5. The first-order valence-electron chi connectivity index (χ1n) is 14.1. The number of anilines is 1. The predicted octanol–water partition coefficient (Wildman–Crippen LogP) is 6.26. The van der Waals surface area contributed by atoms with Crippen LogP contribution in [-0.2, 0) is 18.3 Å². The van der Waals surface area contributed by atoms with E-state index < -0.39 is 17.7 Å². The molecule has 7 rings (SSSR count). The molecule has 2 fully saturated rings. The number of nitrogens with zero attached hydrogens (tertiary/aromatic N) is 4. The summed E-state index contributed by atoms with van der Waals surface area (Å²) in [5, 5.41) is 14.5. The van der Waals surface area contributed by atoms with E-state index in [0.717, 1.165) is 30.0 Å². The highest BCUT2D eigenvalue weighted by molar-refractivity contribution is 6.40. The predicted molar refractivity (Wildman–Crippen MR) is 163 cm³/mol. The molecule has 9 nitrogen and oxygen atoms in total. The summed E-state index contributed by atoms with van der Waals surface area (Å²) in [5.41, 5.74) is 3.44. The Morgan fingerprint density at radius 1 is 1.02 bits per heavy atom. The standard InChI is InChI=1S/C32H27Cl2FN4O5/c1-37-12-19(11-36-37)18-7-25(33)29(26(34)8-18)31(40)38-13-17-3-2-4-22(30(17)44-16-38)23-10-28(24(32(41)42)9-27(23)35)39-20-5-6-21(39)15-43-14-20/h2-4,7-12,20-21H,5-6,13-16H2,1H3,(H,41,42). The number of aromatic nitrogens is 2. The Kier molecular flexibility index (Phi) is 7.23. The minimum Gasteiger partial charge on any atom is -0.478 e. The van der Waals surface area contributed by atoms with E-state index in [1.165, 1.54) is 4.90 Å². The van der Waals surface area contributed by atoms with Crippen LogP contribution in [0.4, 0.5) is 10.1 Å². The number of carboxylic acid groups (broad SMARTS) is 1.